The van der Waals surface area contributed by atoms with Gasteiger partial charge in [0.15, 0.2) is 0 Å². The summed E-state index contributed by atoms with van der Waals surface area (Å²) in [6.07, 6.45) is 3.36. The van der Waals surface area contributed by atoms with Gasteiger partial charge in [-0.1, -0.05) is 0 Å². The Morgan fingerprint density at radius 1 is 1.40 bits per heavy atom. The van der Waals surface area contributed by atoms with Crippen LogP contribution in [0.4, 0.5) is 0 Å². The fourth-order valence-corrected chi connectivity index (χ4v) is 1.87. The molecule has 0 aliphatic rings. The standard InChI is InChI=1S/C9H10IN3O2/c1-14-2-3-15-9-7-6(10)4-11-8(7)12-5-13-9/h4-5H,2-3H2,1H3,(H,11,12,13). The molecule has 0 aliphatic heterocycles. The van der Waals surface area contributed by atoms with Gasteiger partial charge in [0.05, 0.1) is 12.0 Å². The maximum absolute atomic E-state index is 5.50. The summed E-state index contributed by atoms with van der Waals surface area (Å²) < 4.78 is 11.5. The molecule has 0 saturated carbocycles. The number of hydrogen-bond donors (Lipinski definition) is 1. The van der Waals surface area contributed by atoms with E-state index in [9.17, 15) is 0 Å². The van der Waals surface area contributed by atoms with E-state index < -0.39 is 0 Å². The summed E-state index contributed by atoms with van der Waals surface area (Å²) in [5, 5.41) is 0.925. The summed E-state index contributed by atoms with van der Waals surface area (Å²) in [6, 6.07) is 0. The predicted octanol–water partition coefficient (Wildman–Crippen LogP) is 1.59. The van der Waals surface area contributed by atoms with Crippen LogP contribution in [0.15, 0.2) is 12.5 Å². The molecule has 0 aliphatic carbocycles. The molecule has 0 aromatic carbocycles. The van der Waals surface area contributed by atoms with Crippen LogP contribution in [0.3, 0.4) is 0 Å². The number of ether oxygens (including phenoxy) is 2. The van der Waals surface area contributed by atoms with E-state index >= 15 is 0 Å². The van der Waals surface area contributed by atoms with E-state index in [0.717, 1.165) is 14.6 Å². The molecule has 0 unspecified atom stereocenters. The van der Waals surface area contributed by atoms with E-state index in [0.29, 0.717) is 19.1 Å². The van der Waals surface area contributed by atoms with Crippen LogP contribution in [-0.2, 0) is 4.74 Å². The van der Waals surface area contributed by atoms with Crippen molar-refractivity contribution >= 4 is 33.6 Å². The van der Waals surface area contributed by atoms with Gasteiger partial charge in [-0.2, -0.15) is 0 Å². The molecular weight excluding hydrogens is 309 g/mol. The number of halogens is 1. The Morgan fingerprint density at radius 2 is 2.27 bits per heavy atom. The lowest BCUT2D eigenvalue weighted by Gasteiger charge is -2.04. The molecule has 0 radical (unpaired) electrons. The fraction of sp³-hybridized carbons (Fsp3) is 0.333. The van der Waals surface area contributed by atoms with Crippen molar-refractivity contribution in [2.75, 3.05) is 20.3 Å². The Bertz CT molecular complexity index is 458. The number of nitrogens with one attached hydrogen (secondary N) is 1. The van der Waals surface area contributed by atoms with Crippen molar-refractivity contribution in [3.05, 3.63) is 16.1 Å². The maximum atomic E-state index is 5.50. The lowest BCUT2D eigenvalue weighted by atomic mass is 10.4. The second-order valence-electron chi connectivity index (χ2n) is 2.88. The first-order valence-corrected chi connectivity index (χ1v) is 5.50. The van der Waals surface area contributed by atoms with Crippen LogP contribution in [0.5, 0.6) is 5.88 Å². The summed E-state index contributed by atoms with van der Waals surface area (Å²) >= 11 is 2.22. The third-order valence-corrected chi connectivity index (χ3v) is 2.76. The van der Waals surface area contributed by atoms with E-state index in [1.54, 1.807) is 7.11 Å². The summed E-state index contributed by atoms with van der Waals surface area (Å²) in [7, 11) is 1.64. The number of fused-ring (bicyclic) bond motifs is 1. The van der Waals surface area contributed by atoms with Gasteiger partial charge < -0.3 is 14.5 Å². The summed E-state index contributed by atoms with van der Waals surface area (Å²) in [4.78, 5) is 11.3. The van der Waals surface area contributed by atoms with Crippen LogP contribution in [0.1, 0.15) is 0 Å². The lowest BCUT2D eigenvalue weighted by Crippen LogP contribution is -2.05. The fourth-order valence-electron chi connectivity index (χ4n) is 1.23. The molecule has 0 bridgehead atoms. The smallest absolute Gasteiger partial charge is 0.227 e. The minimum atomic E-state index is 0.490. The highest BCUT2D eigenvalue weighted by atomic mass is 127. The highest BCUT2D eigenvalue weighted by molar-refractivity contribution is 14.1. The van der Waals surface area contributed by atoms with Gasteiger partial charge in [0.2, 0.25) is 5.88 Å². The lowest BCUT2D eigenvalue weighted by molar-refractivity contribution is 0.144. The summed E-state index contributed by atoms with van der Waals surface area (Å²) in [5.41, 5.74) is 0.793. The Labute approximate surface area is 100 Å². The molecule has 0 atom stereocenters. The van der Waals surface area contributed by atoms with Crippen molar-refractivity contribution in [3.63, 3.8) is 0 Å². The van der Waals surface area contributed by atoms with Crippen LogP contribution in [0, 0.1) is 3.57 Å². The zero-order valence-electron chi connectivity index (χ0n) is 8.16. The van der Waals surface area contributed by atoms with Crippen LogP contribution in [0.2, 0.25) is 0 Å². The van der Waals surface area contributed by atoms with E-state index in [-0.39, 0.29) is 0 Å². The highest BCUT2D eigenvalue weighted by Crippen LogP contribution is 2.25. The van der Waals surface area contributed by atoms with Crippen molar-refractivity contribution in [1.29, 1.82) is 0 Å². The normalized spacial score (nSPS) is 10.8. The topological polar surface area (TPSA) is 60.0 Å². The molecule has 0 spiro atoms. The number of H-pyrrole nitrogens is 1. The number of aromatic nitrogens is 3. The molecule has 0 fully saturated rings. The first-order valence-electron chi connectivity index (χ1n) is 4.42. The predicted molar refractivity (Wildman–Crippen MR) is 64.0 cm³/mol. The molecule has 0 saturated heterocycles. The van der Waals surface area contributed by atoms with Gasteiger partial charge >= 0.3 is 0 Å². The second kappa shape index (κ2) is 4.75. The maximum Gasteiger partial charge on any atom is 0.227 e. The number of aromatic amines is 1. The van der Waals surface area contributed by atoms with Crippen molar-refractivity contribution < 1.29 is 9.47 Å². The van der Waals surface area contributed by atoms with Crippen LogP contribution in [-0.4, -0.2) is 35.3 Å². The van der Waals surface area contributed by atoms with Crippen LogP contribution >= 0.6 is 22.6 Å². The zero-order chi connectivity index (χ0) is 10.7. The SMILES string of the molecule is COCCOc1ncnc2[nH]cc(I)c12. The molecule has 2 rings (SSSR count). The summed E-state index contributed by atoms with van der Waals surface area (Å²) in [6.45, 7) is 1.04. The van der Waals surface area contributed by atoms with Crippen LogP contribution < -0.4 is 4.74 Å². The molecule has 5 nitrogen and oxygen atoms in total. The van der Waals surface area contributed by atoms with E-state index in [1.165, 1.54) is 6.33 Å². The van der Waals surface area contributed by atoms with Gasteiger partial charge in [0, 0.05) is 16.9 Å². The largest absolute Gasteiger partial charge is 0.475 e. The minimum Gasteiger partial charge on any atom is -0.475 e. The van der Waals surface area contributed by atoms with Gasteiger partial charge in [-0.15, -0.1) is 0 Å². The molecule has 2 aromatic heterocycles. The zero-order valence-corrected chi connectivity index (χ0v) is 10.3. The summed E-state index contributed by atoms with van der Waals surface area (Å²) in [5.74, 6) is 0.600. The number of hydrogen-bond acceptors (Lipinski definition) is 4. The average molecular weight is 319 g/mol. The number of nitrogens with zero attached hydrogens (tertiary/aromatic N) is 2. The second-order valence-corrected chi connectivity index (χ2v) is 4.04. The molecule has 1 N–H and O–H groups in total. The van der Waals surface area contributed by atoms with Crippen molar-refractivity contribution in [2.45, 2.75) is 0 Å². The highest BCUT2D eigenvalue weighted by Gasteiger charge is 2.09. The number of rotatable bonds is 4. The molecule has 6 heteroatoms. The van der Waals surface area contributed by atoms with Gasteiger partial charge in [-0.25, -0.2) is 9.97 Å². The van der Waals surface area contributed by atoms with Crippen molar-refractivity contribution in [2.24, 2.45) is 0 Å². The molecule has 0 amide bonds. The molecule has 80 valence electrons. The Hall–Kier alpha value is -0.890. The van der Waals surface area contributed by atoms with Gasteiger partial charge in [-0.3, -0.25) is 0 Å². The third-order valence-electron chi connectivity index (χ3n) is 1.91. The third kappa shape index (κ3) is 2.20. The molecule has 2 heterocycles. The van der Waals surface area contributed by atoms with Crippen molar-refractivity contribution in [1.82, 2.24) is 15.0 Å². The Balaban J connectivity index is 2.29. The monoisotopic (exact) mass is 319 g/mol. The molecule has 2 aromatic rings. The average Bonchev–Trinajstić information content (AvgIpc) is 2.62. The first-order chi connectivity index (χ1) is 7.33. The minimum absolute atomic E-state index is 0.490. The quantitative estimate of drug-likeness (QED) is 0.687. The van der Waals surface area contributed by atoms with Gasteiger partial charge in [0.1, 0.15) is 18.6 Å². The molecular formula is C9H10IN3O2. The van der Waals surface area contributed by atoms with Crippen LogP contribution in [0.25, 0.3) is 11.0 Å². The van der Waals surface area contributed by atoms with E-state index in [1.807, 2.05) is 6.20 Å². The molecule has 15 heavy (non-hydrogen) atoms. The van der Waals surface area contributed by atoms with E-state index in [4.69, 9.17) is 9.47 Å². The van der Waals surface area contributed by atoms with E-state index in [2.05, 4.69) is 37.5 Å². The van der Waals surface area contributed by atoms with Gasteiger partial charge in [0.25, 0.3) is 0 Å². The van der Waals surface area contributed by atoms with Gasteiger partial charge in [-0.05, 0) is 22.6 Å². The van der Waals surface area contributed by atoms with Crippen molar-refractivity contribution in [3.8, 4) is 5.88 Å². The first kappa shape index (κ1) is 10.6. The Morgan fingerprint density at radius 3 is 3.07 bits per heavy atom. The Kier molecular flexibility index (Phi) is 3.37. The number of methoxy groups -OCH3 is 1.